The average Bonchev–Trinajstić information content (AvgIpc) is 2.37. The van der Waals surface area contributed by atoms with E-state index in [0.29, 0.717) is 19.0 Å². The van der Waals surface area contributed by atoms with Crippen molar-refractivity contribution in [3.05, 3.63) is 35.9 Å². The van der Waals surface area contributed by atoms with Crippen molar-refractivity contribution in [2.24, 2.45) is 5.92 Å². The molecule has 0 aliphatic heterocycles. The summed E-state index contributed by atoms with van der Waals surface area (Å²) in [6, 6.07) is 10.6. The van der Waals surface area contributed by atoms with E-state index in [0.717, 1.165) is 0 Å². The van der Waals surface area contributed by atoms with Gasteiger partial charge in [0.1, 0.15) is 5.60 Å². The molecule has 0 aromatic heterocycles. The molecule has 1 aromatic rings. The van der Waals surface area contributed by atoms with Crippen molar-refractivity contribution >= 4 is 6.09 Å². The van der Waals surface area contributed by atoms with E-state index in [9.17, 15) is 4.79 Å². The van der Waals surface area contributed by atoms with Gasteiger partial charge in [0.25, 0.3) is 0 Å². The number of benzene rings is 1. The SMILES string of the molecule is CC(C)C(NCCNC(=O)OC(C)(C)C)c1ccccc1. The zero-order chi connectivity index (χ0) is 15.9. The van der Waals surface area contributed by atoms with Gasteiger partial charge in [-0.25, -0.2) is 4.79 Å². The van der Waals surface area contributed by atoms with Gasteiger partial charge >= 0.3 is 6.09 Å². The molecule has 2 N–H and O–H groups in total. The summed E-state index contributed by atoms with van der Waals surface area (Å²) in [6.45, 7) is 11.2. The number of nitrogens with one attached hydrogen (secondary N) is 2. The van der Waals surface area contributed by atoms with Crippen LogP contribution in [0.4, 0.5) is 4.79 Å². The molecule has 0 heterocycles. The summed E-state index contributed by atoms with van der Waals surface area (Å²) in [5.41, 5.74) is 0.812. The van der Waals surface area contributed by atoms with E-state index in [4.69, 9.17) is 4.74 Å². The number of hydrogen-bond donors (Lipinski definition) is 2. The first-order valence-electron chi connectivity index (χ1n) is 7.55. The van der Waals surface area contributed by atoms with Crippen LogP contribution in [-0.2, 0) is 4.74 Å². The Labute approximate surface area is 128 Å². The van der Waals surface area contributed by atoms with Crippen LogP contribution in [0.25, 0.3) is 0 Å². The van der Waals surface area contributed by atoms with Crippen molar-refractivity contribution in [2.45, 2.75) is 46.3 Å². The first kappa shape index (κ1) is 17.5. The summed E-state index contributed by atoms with van der Waals surface area (Å²) in [4.78, 5) is 11.5. The molecule has 4 nitrogen and oxygen atoms in total. The normalized spacial score (nSPS) is 13.0. The Morgan fingerprint density at radius 1 is 1.14 bits per heavy atom. The molecule has 0 aliphatic carbocycles. The van der Waals surface area contributed by atoms with Gasteiger partial charge in [0, 0.05) is 19.1 Å². The van der Waals surface area contributed by atoms with Crippen molar-refractivity contribution < 1.29 is 9.53 Å². The zero-order valence-corrected chi connectivity index (χ0v) is 13.8. The highest BCUT2D eigenvalue weighted by Gasteiger charge is 2.17. The van der Waals surface area contributed by atoms with Crippen molar-refractivity contribution in [3.8, 4) is 0 Å². The van der Waals surface area contributed by atoms with E-state index < -0.39 is 5.60 Å². The molecule has 1 atom stereocenters. The zero-order valence-electron chi connectivity index (χ0n) is 13.8. The molecule has 4 heteroatoms. The largest absolute Gasteiger partial charge is 0.444 e. The Morgan fingerprint density at radius 2 is 1.76 bits per heavy atom. The molecular formula is C17H28N2O2. The minimum Gasteiger partial charge on any atom is -0.444 e. The van der Waals surface area contributed by atoms with E-state index in [1.54, 1.807) is 0 Å². The van der Waals surface area contributed by atoms with Crippen LogP contribution in [0.15, 0.2) is 30.3 Å². The van der Waals surface area contributed by atoms with Gasteiger partial charge in [-0.3, -0.25) is 0 Å². The van der Waals surface area contributed by atoms with E-state index >= 15 is 0 Å². The van der Waals surface area contributed by atoms with Crippen LogP contribution >= 0.6 is 0 Å². The van der Waals surface area contributed by atoms with Gasteiger partial charge < -0.3 is 15.4 Å². The van der Waals surface area contributed by atoms with Crippen LogP contribution < -0.4 is 10.6 Å². The Morgan fingerprint density at radius 3 is 2.29 bits per heavy atom. The summed E-state index contributed by atoms with van der Waals surface area (Å²) in [6.07, 6.45) is -0.370. The van der Waals surface area contributed by atoms with E-state index in [2.05, 4.69) is 36.6 Å². The molecular weight excluding hydrogens is 264 g/mol. The van der Waals surface area contributed by atoms with Gasteiger partial charge in [-0.05, 0) is 32.3 Å². The Kier molecular flexibility index (Phi) is 6.69. The summed E-state index contributed by atoms with van der Waals surface area (Å²) in [5.74, 6) is 0.480. The molecule has 0 aliphatic rings. The number of hydrogen-bond acceptors (Lipinski definition) is 3. The second-order valence-corrected chi connectivity index (χ2v) is 6.52. The number of alkyl carbamates (subject to hydrolysis) is 1. The topological polar surface area (TPSA) is 50.4 Å². The highest BCUT2D eigenvalue weighted by Crippen LogP contribution is 2.20. The molecule has 1 rings (SSSR count). The number of ether oxygens (including phenoxy) is 1. The number of carbonyl (C=O) groups excluding carboxylic acids is 1. The van der Waals surface area contributed by atoms with Crippen LogP contribution in [-0.4, -0.2) is 24.8 Å². The predicted molar refractivity (Wildman–Crippen MR) is 86.3 cm³/mol. The van der Waals surface area contributed by atoms with E-state index in [-0.39, 0.29) is 12.1 Å². The highest BCUT2D eigenvalue weighted by molar-refractivity contribution is 5.67. The van der Waals surface area contributed by atoms with Crippen molar-refractivity contribution in [3.63, 3.8) is 0 Å². The van der Waals surface area contributed by atoms with Crippen molar-refractivity contribution in [2.75, 3.05) is 13.1 Å². The van der Waals surface area contributed by atoms with Crippen molar-refractivity contribution in [1.82, 2.24) is 10.6 Å². The van der Waals surface area contributed by atoms with Crippen LogP contribution in [0.5, 0.6) is 0 Å². The summed E-state index contributed by atoms with van der Waals surface area (Å²) in [5, 5.41) is 6.24. The first-order valence-corrected chi connectivity index (χ1v) is 7.55. The third kappa shape index (κ3) is 7.14. The second-order valence-electron chi connectivity index (χ2n) is 6.52. The predicted octanol–water partition coefficient (Wildman–Crippen LogP) is 3.50. The lowest BCUT2D eigenvalue weighted by Crippen LogP contribution is -2.38. The second kappa shape index (κ2) is 8.03. The molecule has 0 fully saturated rings. The third-order valence-corrected chi connectivity index (χ3v) is 2.98. The quantitative estimate of drug-likeness (QED) is 0.789. The van der Waals surface area contributed by atoms with E-state index in [1.807, 2.05) is 39.0 Å². The molecule has 0 spiro atoms. The fraction of sp³-hybridized carbons (Fsp3) is 0.588. The Hall–Kier alpha value is -1.55. The molecule has 0 radical (unpaired) electrons. The van der Waals surface area contributed by atoms with E-state index in [1.165, 1.54) is 5.56 Å². The van der Waals surface area contributed by atoms with Crippen LogP contribution in [0.2, 0.25) is 0 Å². The van der Waals surface area contributed by atoms with Crippen LogP contribution in [0.3, 0.4) is 0 Å². The van der Waals surface area contributed by atoms with Crippen LogP contribution in [0.1, 0.15) is 46.2 Å². The third-order valence-electron chi connectivity index (χ3n) is 2.98. The molecule has 0 saturated heterocycles. The maximum absolute atomic E-state index is 11.5. The Balaban J connectivity index is 2.37. The molecule has 1 aromatic carbocycles. The molecule has 21 heavy (non-hydrogen) atoms. The summed E-state index contributed by atoms with van der Waals surface area (Å²) < 4.78 is 5.20. The number of rotatable bonds is 6. The number of amides is 1. The van der Waals surface area contributed by atoms with Crippen LogP contribution in [0, 0.1) is 5.92 Å². The van der Waals surface area contributed by atoms with Crippen molar-refractivity contribution in [1.29, 1.82) is 0 Å². The maximum Gasteiger partial charge on any atom is 0.407 e. The van der Waals surface area contributed by atoms with Gasteiger partial charge in [0.2, 0.25) is 0 Å². The average molecular weight is 292 g/mol. The lowest BCUT2D eigenvalue weighted by molar-refractivity contribution is 0.0528. The van der Waals surface area contributed by atoms with Gasteiger partial charge in [0.05, 0.1) is 0 Å². The first-order chi connectivity index (χ1) is 9.79. The molecule has 1 amide bonds. The fourth-order valence-electron chi connectivity index (χ4n) is 2.11. The minimum absolute atomic E-state index is 0.284. The number of carbonyl (C=O) groups is 1. The monoisotopic (exact) mass is 292 g/mol. The smallest absolute Gasteiger partial charge is 0.407 e. The van der Waals surface area contributed by atoms with Gasteiger partial charge in [-0.1, -0.05) is 44.2 Å². The molecule has 1 unspecified atom stereocenters. The minimum atomic E-state index is -0.456. The molecule has 0 bridgehead atoms. The summed E-state index contributed by atoms with van der Waals surface area (Å²) in [7, 11) is 0. The lowest BCUT2D eigenvalue weighted by atomic mass is 9.96. The van der Waals surface area contributed by atoms with Gasteiger partial charge in [-0.15, -0.1) is 0 Å². The Bertz CT molecular complexity index is 424. The van der Waals surface area contributed by atoms with Gasteiger partial charge in [-0.2, -0.15) is 0 Å². The summed E-state index contributed by atoms with van der Waals surface area (Å²) >= 11 is 0. The molecule has 118 valence electrons. The standard InChI is InChI=1S/C17H28N2O2/c1-13(2)15(14-9-7-6-8-10-14)18-11-12-19-16(20)21-17(3,4)5/h6-10,13,15,18H,11-12H2,1-5H3,(H,19,20). The lowest BCUT2D eigenvalue weighted by Gasteiger charge is -2.23. The fourth-order valence-corrected chi connectivity index (χ4v) is 2.11. The highest BCUT2D eigenvalue weighted by atomic mass is 16.6. The maximum atomic E-state index is 11.5. The van der Waals surface area contributed by atoms with Gasteiger partial charge in [0.15, 0.2) is 0 Å². The molecule has 0 saturated carbocycles.